The molecule has 1 aliphatic rings. The van der Waals surface area contributed by atoms with Gasteiger partial charge < -0.3 is 20.5 Å². The largest absolute Gasteiger partial charge is 0.485 e. The molecule has 184 valence electrons. The van der Waals surface area contributed by atoms with Crippen molar-refractivity contribution in [2.24, 2.45) is 0 Å². The Hall–Kier alpha value is -3.20. The Morgan fingerprint density at radius 1 is 1.20 bits per heavy atom. The lowest BCUT2D eigenvalue weighted by Gasteiger charge is -2.26. The van der Waals surface area contributed by atoms with Gasteiger partial charge in [0, 0.05) is 42.5 Å². The molecule has 1 saturated heterocycles. The van der Waals surface area contributed by atoms with Crippen LogP contribution in [0.4, 0.5) is 10.2 Å². The van der Waals surface area contributed by atoms with Crippen molar-refractivity contribution in [3.63, 3.8) is 0 Å². The summed E-state index contributed by atoms with van der Waals surface area (Å²) in [4.78, 5) is 19.5. The number of halogens is 2. The summed E-state index contributed by atoms with van der Waals surface area (Å²) in [6, 6.07) is 13.4. The fourth-order valence-corrected chi connectivity index (χ4v) is 4.11. The maximum atomic E-state index is 14.1. The molecule has 4 rings (SSSR count). The number of hydrogen-bond donors (Lipinski definition) is 2. The predicted molar refractivity (Wildman–Crippen MR) is 134 cm³/mol. The molecule has 0 radical (unpaired) electrons. The third-order valence-electron chi connectivity index (χ3n) is 5.84. The molecule has 2 aromatic carbocycles. The highest BCUT2D eigenvalue weighted by molar-refractivity contribution is 6.31. The lowest BCUT2D eigenvalue weighted by atomic mass is 10.0. The first kappa shape index (κ1) is 24.9. The van der Waals surface area contributed by atoms with Crippen molar-refractivity contribution < 1.29 is 18.7 Å². The molecule has 3 aromatic rings. The van der Waals surface area contributed by atoms with Crippen LogP contribution in [-0.4, -0.2) is 55.2 Å². The molecule has 3 N–H and O–H groups in total. The van der Waals surface area contributed by atoms with Crippen molar-refractivity contribution in [2.75, 3.05) is 45.1 Å². The van der Waals surface area contributed by atoms with Gasteiger partial charge in [0.25, 0.3) is 5.91 Å². The molecule has 0 spiro atoms. The highest BCUT2D eigenvalue weighted by Gasteiger charge is 2.16. The maximum Gasteiger partial charge on any atom is 0.251 e. The minimum atomic E-state index is -0.462. The van der Waals surface area contributed by atoms with Crippen LogP contribution in [0.25, 0.3) is 11.1 Å². The van der Waals surface area contributed by atoms with E-state index in [1.165, 1.54) is 12.1 Å². The zero-order valence-corrected chi connectivity index (χ0v) is 20.1. The molecule has 9 heteroatoms. The standard InChI is InChI=1S/C26H28ClFN4O3/c27-22-7-3-8-23(28)21(22)17-35-24-15-18(16-31-25(24)29)19-5-1-2-6-20(19)26(33)30-9-4-10-32-11-13-34-14-12-32/h1-3,5-8,15-16H,4,9-14,17H2,(H2,29,31)(H,30,33). The van der Waals surface area contributed by atoms with Gasteiger partial charge in [0.1, 0.15) is 12.4 Å². The molecule has 0 aliphatic carbocycles. The average molecular weight is 499 g/mol. The normalized spacial score (nSPS) is 14.0. The molecule has 0 unspecified atom stereocenters. The highest BCUT2D eigenvalue weighted by atomic mass is 35.5. The molecule has 35 heavy (non-hydrogen) atoms. The van der Waals surface area contributed by atoms with Gasteiger partial charge in [-0.1, -0.05) is 35.9 Å². The van der Waals surface area contributed by atoms with E-state index in [1.54, 1.807) is 24.4 Å². The summed E-state index contributed by atoms with van der Waals surface area (Å²) >= 11 is 6.09. The SMILES string of the molecule is Nc1ncc(-c2ccccc2C(=O)NCCCN2CCOCC2)cc1OCc1c(F)cccc1Cl. The number of nitrogens with one attached hydrogen (secondary N) is 1. The quantitative estimate of drug-likeness (QED) is 0.431. The number of carbonyl (C=O) groups excluding carboxylic acids is 1. The van der Waals surface area contributed by atoms with E-state index < -0.39 is 5.82 Å². The number of ether oxygens (including phenoxy) is 2. The minimum absolute atomic E-state index is 0.105. The van der Waals surface area contributed by atoms with E-state index in [-0.39, 0.29) is 34.7 Å². The van der Waals surface area contributed by atoms with Crippen molar-refractivity contribution >= 4 is 23.3 Å². The van der Waals surface area contributed by atoms with Crippen LogP contribution < -0.4 is 15.8 Å². The van der Waals surface area contributed by atoms with Crippen LogP contribution >= 0.6 is 11.6 Å². The fourth-order valence-electron chi connectivity index (χ4n) is 3.90. The van der Waals surface area contributed by atoms with Gasteiger partial charge in [-0.2, -0.15) is 0 Å². The van der Waals surface area contributed by atoms with Gasteiger partial charge in [0.05, 0.1) is 18.2 Å². The molecule has 7 nitrogen and oxygen atoms in total. The molecule has 1 fully saturated rings. The molecule has 1 aromatic heterocycles. The summed E-state index contributed by atoms with van der Waals surface area (Å²) in [5, 5.41) is 3.27. The van der Waals surface area contributed by atoms with Gasteiger partial charge in [-0.05, 0) is 42.8 Å². The lowest BCUT2D eigenvalue weighted by Crippen LogP contribution is -2.38. The van der Waals surface area contributed by atoms with Crippen LogP contribution in [0.1, 0.15) is 22.3 Å². The van der Waals surface area contributed by atoms with Crippen LogP contribution in [0.3, 0.4) is 0 Å². The zero-order chi connectivity index (χ0) is 24.6. The topological polar surface area (TPSA) is 89.7 Å². The van der Waals surface area contributed by atoms with Gasteiger partial charge in [-0.25, -0.2) is 9.37 Å². The van der Waals surface area contributed by atoms with Crippen molar-refractivity contribution in [3.8, 4) is 16.9 Å². The van der Waals surface area contributed by atoms with Gasteiger partial charge in [0.2, 0.25) is 0 Å². The van der Waals surface area contributed by atoms with E-state index in [9.17, 15) is 9.18 Å². The molecule has 0 saturated carbocycles. The van der Waals surface area contributed by atoms with Gasteiger partial charge >= 0.3 is 0 Å². The number of morpholine rings is 1. The van der Waals surface area contributed by atoms with E-state index in [2.05, 4.69) is 15.2 Å². The zero-order valence-electron chi connectivity index (χ0n) is 19.3. The van der Waals surface area contributed by atoms with Gasteiger partial charge in [-0.15, -0.1) is 0 Å². The van der Waals surface area contributed by atoms with E-state index in [0.29, 0.717) is 23.2 Å². The second-order valence-corrected chi connectivity index (χ2v) is 8.61. The number of rotatable bonds is 9. The van der Waals surface area contributed by atoms with Crippen molar-refractivity contribution in [3.05, 3.63) is 76.7 Å². The second kappa shape index (κ2) is 12.0. The number of benzene rings is 2. The molecule has 1 amide bonds. The minimum Gasteiger partial charge on any atom is -0.485 e. The first-order valence-electron chi connectivity index (χ1n) is 11.5. The number of amides is 1. The smallest absolute Gasteiger partial charge is 0.251 e. The first-order chi connectivity index (χ1) is 17.0. The molecule has 2 heterocycles. The van der Waals surface area contributed by atoms with Crippen LogP contribution in [0.2, 0.25) is 5.02 Å². The van der Waals surface area contributed by atoms with E-state index in [1.807, 2.05) is 18.2 Å². The first-order valence-corrected chi connectivity index (χ1v) is 11.9. The Kier molecular flexibility index (Phi) is 8.52. The number of aromatic nitrogens is 1. The average Bonchev–Trinajstić information content (AvgIpc) is 2.88. The third kappa shape index (κ3) is 6.48. The van der Waals surface area contributed by atoms with Crippen LogP contribution in [0, 0.1) is 5.82 Å². The van der Waals surface area contributed by atoms with E-state index in [0.717, 1.165) is 39.3 Å². The molecule has 0 bridgehead atoms. The monoisotopic (exact) mass is 498 g/mol. The Labute approximate surface area is 209 Å². The summed E-state index contributed by atoms with van der Waals surface area (Å²) in [6.45, 7) is 4.75. The number of pyridine rings is 1. The number of hydrogen-bond acceptors (Lipinski definition) is 6. The number of carbonyl (C=O) groups is 1. The predicted octanol–water partition coefficient (Wildman–Crippen LogP) is 4.15. The second-order valence-electron chi connectivity index (χ2n) is 8.21. The maximum absolute atomic E-state index is 14.1. The van der Waals surface area contributed by atoms with Gasteiger partial charge in [-0.3, -0.25) is 9.69 Å². The Morgan fingerprint density at radius 2 is 2.00 bits per heavy atom. The third-order valence-corrected chi connectivity index (χ3v) is 6.19. The van der Waals surface area contributed by atoms with Crippen molar-refractivity contribution in [2.45, 2.75) is 13.0 Å². The summed E-state index contributed by atoms with van der Waals surface area (Å²) in [5.41, 5.74) is 8.10. The summed E-state index contributed by atoms with van der Waals surface area (Å²) in [5.74, 6) is -0.190. The Morgan fingerprint density at radius 3 is 2.80 bits per heavy atom. The molecular formula is C26H28ClFN4O3. The number of nitrogens with zero attached hydrogens (tertiary/aromatic N) is 2. The summed E-state index contributed by atoms with van der Waals surface area (Å²) in [6.07, 6.45) is 2.44. The van der Waals surface area contributed by atoms with E-state index in [4.69, 9.17) is 26.8 Å². The van der Waals surface area contributed by atoms with Gasteiger partial charge in [0.15, 0.2) is 11.6 Å². The molecule has 1 aliphatic heterocycles. The number of nitrogens with two attached hydrogens (primary N) is 1. The highest BCUT2D eigenvalue weighted by Crippen LogP contribution is 2.30. The number of nitrogen functional groups attached to an aromatic ring is 1. The fraction of sp³-hybridized carbons (Fsp3) is 0.308. The van der Waals surface area contributed by atoms with Crippen LogP contribution in [0.15, 0.2) is 54.7 Å². The van der Waals surface area contributed by atoms with Crippen molar-refractivity contribution in [1.82, 2.24) is 15.2 Å². The van der Waals surface area contributed by atoms with Crippen LogP contribution in [-0.2, 0) is 11.3 Å². The Balaban J connectivity index is 1.44. The summed E-state index contributed by atoms with van der Waals surface area (Å²) < 4.78 is 25.2. The molecule has 0 atom stereocenters. The van der Waals surface area contributed by atoms with Crippen LogP contribution in [0.5, 0.6) is 5.75 Å². The lowest BCUT2D eigenvalue weighted by molar-refractivity contribution is 0.0374. The summed E-state index contributed by atoms with van der Waals surface area (Å²) in [7, 11) is 0. The van der Waals surface area contributed by atoms with E-state index >= 15 is 0 Å². The van der Waals surface area contributed by atoms with Crippen molar-refractivity contribution in [1.29, 1.82) is 0 Å². The molecular weight excluding hydrogens is 471 g/mol. The Bertz CT molecular complexity index is 1150. The number of anilines is 1.